The lowest BCUT2D eigenvalue weighted by Gasteiger charge is -2.37. The predicted molar refractivity (Wildman–Crippen MR) is 212 cm³/mol. The summed E-state index contributed by atoms with van der Waals surface area (Å²) in [6.45, 7) is 23.7. The second-order valence-electron chi connectivity index (χ2n) is 13.7. The van der Waals surface area contributed by atoms with E-state index in [1.807, 2.05) is 6.08 Å². The summed E-state index contributed by atoms with van der Waals surface area (Å²) in [7, 11) is 2.09. The SMILES string of the molecule is C=CC1=NC(C(=C)N(C)c2ccccc2Nc2c(C(C)C)cc(-c3ccccc3)cc2C(C)C)C(CCC(=C)/C=C(\C)O)c2ccccc21. The van der Waals surface area contributed by atoms with Crippen molar-refractivity contribution in [1.29, 1.82) is 0 Å². The van der Waals surface area contributed by atoms with Crippen LogP contribution in [0.25, 0.3) is 11.1 Å². The summed E-state index contributed by atoms with van der Waals surface area (Å²) in [6, 6.07) is 32.0. The first-order chi connectivity index (χ1) is 23.5. The highest BCUT2D eigenvalue weighted by molar-refractivity contribution is 6.10. The van der Waals surface area contributed by atoms with Crippen LogP contribution in [0.4, 0.5) is 17.1 Å². The van der Waals surface area contributed by atoms with Crippen LogP contribution < -0.4 is 10.2 Å². The number of aliphatic imine (C=N–C) groups is 1. The molecule has 4 aromatic carbocycles. The van der Waals surface area contributed by atoms with E-state index in [0.717, 1.165) is 46.8 Å². The molecular formula is C45H51N3O. The van der Waals surface area contributed by atoms with Crippen LogP contribution in [0, 0.1) is 0 Å². The molecule has 0 radical (unpaired) electrons. The van der Waals surface area contributed by atoms with Crippen LogP contribution in [0.2, 0.25) is 0 Å². The van der Waals surface area contributed by atoms with E-state index in [0.29, 0.717) is 11.8 Å². The van der Waals surface area contributed by atoms with Gasteiger partial charge in [-0.2, -0.15) is 0 Å². The van der Waals surface area contributed by atoms with E-state index >= 15 is 0 Å². The standard InChI is InChI=1S/C45H51N3O/c1-10-41-37-21-15-14-20-36(37)38(25-24-31(6)26-32(7)49)44(46-41)33(8)48(9)43-23-17-16-22-42(43)47-45-39(29(2)3)27-35(28-40(45)30(4)5)34-18-12-11-13-19-34/h10-23,26-30,38,44,47,49H,1,6,8,24-25H2,2-5,7,9H3/b32-26+. The van der Waals surface area contributed by atoms with Crippen LogP contribution in [0.5, 0.6) is 0 Å². The van der Waals surface area contributed by atoms with E-state index in [9.17, 15) is 5.11 Å². The first kappa shape index (κ1) is 35.2. The molecule has 2 unspecified atom stereocenters. The summed E-state index contributed by atoms with van der Waals surface area (Å²) < 4.78 is 0. The molecule has 0 spiro atoms. The zero-order chi connectivity index (χ0) is 35.2. The van der Waals surface area contributed by atoms with Crippen molar-refractivity contribution in [1.82, 2.24) is 0 Å². The van der Waals surface area contributed by atoms with Gasteiger partial charge in [0.15, 0.2) is 0 Å². The Kier molecular flexibility index (Phi) is 11.1. The number of hydrogen-bond acceptors (Lipinski definition) is 4. The maximum atomic E-state index is 9.86. The lowest BCUT2D eigenvalue weighted by molar-refractivity contribution is 0.413. The number of nitrogens with zero attached hydrogens (tertiary/aromatic N) is 2. The van der Waals surface area contributed by atoms with E-state index in [1.54, 1.807) is 13.0 Å². The number of para-hydroxylation sites is 2. The number of hydrogen-bond donors (Lipinski definition) is 2. The van der Waals surface area contributed by atoms with E-state index in [2.05, 4.69) is 156 Å². The Hall–Kier alpha value is -5.09. The summed E-state index contributed by atoms with van der Waals surface area (Å²) in [5, 5.41) is 13.8. The number of rotatable bonds is 13. The van der Waals surface area contributed by atoms with Gasteiger partial charge < -0.3 is 15.3 Å². The monoisotopic (exact) mass is 649 g/mol. The van der Waals surface area contributed by atoms with Gasteiger partial charge in [0.1, 0.15) is 0 Å². The lowest BCUT2D eigenvalue weighted by atomic mass is 9.79. The molecule has 0 bridgehead atoms. The van der Waals surface area contributed by atoms with Gasteiger partial charge in [0.25, 0.3) is 0 Å². The molecule has 1 heterocycles. The van der Waals surface area contributed by atoms with Gasteiger partial charge in [-0.05, 0) is 95.8 Å². The van der Waals surface area contributed by atoms with Gasteiger partial charge in [-0.15, -0.1) is 0 Å². The Morgan fingerprint density at radius 2 is 1.49 bits per heavy atom. The topological polar surface area (TPSA) is 47.9 Å². The van der Waals surface area contributed by atoms with Crippen molar-refractivity contribution in [2.75, 3.05) is 17.3 Å². The molecule has 2 atom stereocenters. The fourth-order valence-electron chi connectivity index (χ4n) is 6.92. The van der Waals surface area contributed by atoms with Crippen LogP contribution in [-0.4, -0.2) is 23.9 Å². The average Bonchev–Trinajstić information content (AvgIpc) is 3.09. The van der Waals surface area contributed by atoms with Crippen molar-refractivity contribution in [3.05, 3.63) is 162 Å². The molecule has 0 amide bonds. The Morgan fingerprint density at radius 1 is 0.878 bits per heavy atom. The molecule has 5 rings (SSSR count). The number of nitrogens with one attached hydrogen (secondary N) is 1. The number of benzene rings is 4. The number of anilines is 3. The zero-order valence-corrected chi connectivity index (χ0v) is 30.0. The summed E-state index contributed by atoms with van der Waals surface area (Å²) in [4.78, 5) is 7.47. The third kappa shape index (κ3) is 7.81. The third-order valence-electron chi connectivity index (χ3n) is 9.53. The maximum absolute atomic E-state index is 9.86. The van der Waals surface area contributed by atoms with Gasteiger partial charge in [-0.1, -0.05) is 120 Å². The van der Waals surface area contributed by atoms with Crippen molar-refractivity contribution < 1.29 is 5.11 Å². The average molecular weight is 650 g/mol. The molecule has 0 aromatic heterocycles. The van der Waals surface area contributed by atoms with Crippen molar-refractivity contribution >= 4 is 22.8 Å². The highest BCUT2D eigenvalue weighted by Crippen LogP contribution is 2.43. The highest BCUT2D eigenvalue weighted by atomic mass is 16.3. The van der Waals surface area contributed by atoms with Crippen LogP contribution in [0.1, 0.15) is 87.5 Å². The van der Waals surface area contributed by atoms with Crippen LogP contribution in [0.3, 0.4) is 0 Å². The van der Waals surface area contributed by atoms with E-state index in [4.69, 9.17) is 4.99 Å². The number of likely N-dealkylation sites (N-methyl/N-ethyl adjacent to an activating group) is 1. The summed E-state index contributed by atoms with van der Waals surface area (Å²) in [5.41, 5.74) is 13.3. The minimum absolute atomic E-state index is 0.0738. The van der Waals surface area contributed by atoms with Gasteiger partial charge >= 0.3 is 0 Å². The van der Waals surface area contributed by atoms with E-state index in [1.165, 1.54) is 33.5 Å². The highest BCUT2D eigenvalue weighted by Gasteiger charge is 2.33. The van der Waals surface area contributed by atoms with Gasteiger partial charge in [-0.3, -0.25) is 4.99 Å². The minimum Gasteiger partial charge on any atom is -0.513 e. The molecule has 0 saturated carbocycles. The summed E-state index contributed by atoms with van der Waals surface area (Å²) in [5.74, 6) is 0.974. The van der Waals surface area contributed by atoms with E-state index in [-0.39, 0.29) is 17.7 Å². The quantitative estimate of drug-likeness (QED) is 0.112. The van der Waals surface area contributed by atoms with Crippen molar-refractivity contribution in [2.24, 2.45) is 4.99 Å². The molecule has 2 N–H and O–H groups in total. The Bertz CT molecular complexity index is 1860. The first-order valence-corrected chi connectivity index (χ1v) is 17.4. The summed E-state index contributed by atoms with van der Waals surface area (Å²) in [6.07, 6.45) is 5.14. The molecule has 4 heteroatoms. The van der Waals surface area contributed by atoms with Crippen LogP contribution in [0.15, 0.2) is 145 Å². The predicted octanol–water partition coefficient (Wildman–Crippen LogP) is 12.2. The second kappa shape index (κ2) is 15.4. The molecule has 252 valence electrons. The molecule has 0 fully saturated rings. The molecule has 1 aliphatic heterocycles. The normalized spacial score (nSPS) is 15.8. The van der Waals surface area contributed by atoms with Crippen LogP contribution in [-0.2, 0) is 0 Å². The smallest absolute Gasteiger partial charge is 0.0969 e. The summed E-state index contributed by atoms with van der Waals surface area (Å²) >= 11 is 0. The second-order valence-corrected chi connectivity index (χ2v) is 13.7. The third-order valence-corrected chi connectivity index (χ3v) is 9.53. The Balaban J connectivity index is 1.54. The molecule has 4 nitrogen and oxygen atoms in total. The van der Waals surface area contributed by atoms with Crippen molar-refractivity contribution in [2.45, 2.75) is 71.3 Å². The zero-order valence-electron chi connectivity index (χ0n) is 30.0. The Labute approximate surface area is 294 Å². The maximum Gasteiger partial charge on any atom is 0.0969 e. The van der Waals surface area contributed by atoms with Gasteiger partial charge in [0.05, 0.1) is 28.9 Å². The molecule has 0 aliphatic carbocycles. The van der Waals surface area contributed by atoms with Gasteiger partial charge in [0.2, 0.25) is 0 Å². The fourth-order valence-corrected chi connectivity index (χ4v) is 6.92. The minimum atomic E-state index is -0.212. The largest absolute Gasteiger partial charge is 0.513 e. The molecular weight excluding hydrogens is 599 g/mol. The van der Waals surface area contributed by atoms with Crippen molar-refractivity contribution in [3.63, 3.8) is 0 Å². The molecule has 1 aliphatic rings. The van der Waals surface area contributed by atoms with Crippen LogP contribution >= 0.6 is 0 Å². The number of aliphatic hydroxyl groups excluding tert-OH is 1. The molecule has 4 aromatic rings. The van der Waals surface area contributed by atoms with Crippen molar-refractivity contribution in [3.8, 4) is 11.1 Å². The van der Waals surface area contributed by atoms with Gasteiger partial charge in [-0.25, -0.2) is 0 Å². The number of allylic oxidation sites excluding steroid dienone is 4. The lowest BCUT2D eigenvalue weighted by Crippen LogP contribution is -2.34. The Morgan fingerprint density at radius 3 is 2.12 bits per heavy atom. The molecule has 0 saturated heterocycles. The first-order valence-electron chi connectivity index (χ1n) is 17.4. The van der Waals surface area contributed by atoms with Gasteiger partial charge in [0, 0.05) is 29.9 Å². The number of fused-ring (bicyclic) bond motifs is 1. The molecule has 49 heavy (non-hydrogen) atoms. The fraction of sp³-hybridized carbons (Fsp3) is 0.267. The van der Waals surface area contributed by atoms with E-state index < -0.39 is 0 Å². The number of aliphatic hydroxyl groups is 1.